The van der Waals surface area contributed by atoms with E-state index in [-0.39, 0.29) is 6.10 Å². The van der Waals surface area contributed by atoms with Gasteiger partial charge in [-0.1, -0.05) is 12.8 Å². The zero-order valence-electron chi connectivity index (χ0n) is 13.0. The van der Waals surface area contributed by atoms with Crippen LogP contribution in [-0.4, -0.2) is 46.7 Å². The van der Waals surface area contributed by atoms with Gasteiger partial charge in [-0.3, -0.25) is 4.99 Å². The van der Waals surface area contributed by atoms with Crippen molar-refractivity contribution in [3.63, 3.8) is 0 Å². The normalized spacial score (nSPS) is 33.5. The molecule has 4 nitrogen and oxygen atoms in total. The standard InChI is InChI=1S/C15H29NO3Si/c1-3-18-20(2)12-8-11-17-13-15(19-20)14-9-6-4-5-7-10-16-14/h15H,3-13H2,1-2H3. The maximum absolute atomic E-state index is 6.42. The summed E-state index contributed by atoms with van der Waals surface area (Å²) in [6.07, 6.45) is 7.18. The van der Waals surface area contributed by atoms with E-state index in [9.17, 15) is 0 Å². The first-order valence-corrected chi connectivity index (χ1v) is 10.7. The molecule has 0 spiro atoms. The molecule has 2 unspecified atom stereocenters. The van der Waals surface area contributed by atoms with Gasteiger partial charge in [-0.2, -0.15) is 0 Å². The van der Waals surface area contributed by atoms with E-state index < -0.39 is 8.56 Å². The maximum atomic E-state index is 6.42. The third-order valence-corrected chi connectivity index (χ3v) is 7.00. The third-order valence-electron chi connectivity index (χ3n) is 4.06. The minimum atomic E-state index is -2.06. The smallest absolute Gasteiger partial charge is 0.335 e. The van der Waals surface area contributed by atoms with Gasteiger partial charge in [0.15, 0.2) is 0 Å². The highest BCUT2D eigenvalue weighted by molar-refractivity contribution is 6.66. The molecule has 116 valence electrons. The fourth-order valence-electron chi connectivity index (χ4n) is 2.99. The average molecular weight is 299 g/mol. The molecule has 0 aromatic heterocycles. The quantitative estimate of drug-likeness (QED) is 0.751. The van der Waals surface area contributed by atoms with Crippen LogP contribution in [0.15, 0.2) is 4.99 Å². The van der Waals surface area contributed by atoms with E-state index in [0.29, 0.717) is 6.61 Å². The molecule has 0 amide bonds. The summed E-state index contributed by atoms with van der Waals surface area (Å²) in [7, 11) is -2.06. The van der Waals surface area contributed by atoms with Crippen LogP contribution < -0.4 is 0 Å². The lowest BCUT2D eigenvalue weighted by atomic mass is 10.0. The first kappa shape index (κ1) is 16.1. The second-order valence-electron chi connectivity index (χ2n) is 5.89. The van der Waals surface area contributed by atoms with Gasteiger partial charge in [0.25, 0.3) is 0 Å². The Bertz CT molecular complexity index is 324. The molecule has 0 aromatic carbocycles. The summed E-state index contributed by atoms with van der Waals surface area (Å²) < 4.78 is 18.1. The molecule has 0 N–H and O–H groups in total. The van der Waals surface area contributed by atoms with Crippen LogP contribution in [0, 0.1) is 0 Å². The molecule has 20 heavy (non-hydrogen) atoms. The Kier molecular flexibility index (Phi) is 6.67. The van der Waals surface area contributed by atoms with Gasteiger partial charge in [0.1, 0.15) is 6.10 Å². The molecule has 2 aliphatic heterocycles. The first-order valence-electron chi connectivity index (χ1n) is 8.16. The van der Waals surface area contributed by atoms with E-state index >= 15 is 0 Å². The summed E-state index contributed by atoms with van der Waals surface area (Å²) in [4.78, 5) is 4.78. The number of aliphatic imine (C=N–C) groups is 1. The van der Waals surface area contributed by atoms with Crippen molar-refractivity contribution < 1.29 is 13.6 Å². The second-order valence-corrected chi connectivity index (χ2v) is 9.18. The highest BCUT2D eigenvalue weighted by Gasteiger charge is 2.36. The van der Waals surface area contributed by atoms with Crippen LogP contribution in [0.1, 0.15) is 45.4 Å². The van der Waals surface area contributed by atoms with E-state index in [1.807, 2.05) is 0 Å². The van der Waals surface area contributed by atoms with Crippen LogP contribution in [0.5, 0.6) is 0 Å². The molecule has 2 heterocycles. The van der Waals surface area contributed by atoms with Gasteiger partial charge >= 0.3 is 8.56 Å². The Morgan fingerprint density at radius 2 is 2.10 bits per heavy atom. The van der Waals surface area contributed by atoms with Crippen molar-refractivity contribution in [3.8, 4) is 0 Å². The van der Waals surface area contributed by atoms with Crippen LogP contribution in [0.2, 0.25) is 12.6 Å². The molecule has 0 radical (unpaired) electrons. The molecular formula is C15H29NO3Si. The predicted octanol–water partition coefficient (Wildman–Crippen LogP) is 3.31. The Morgan fingerprint density at radius 3 is 2.95 bits per heavy atom. The van der Waals surface area contributed by atoms with Gasteiger partial charge in [0.2, 0.25) is 0 Å². The van der Waals surface area contributed by atoms with Crippen molar-refractivity contribution in [3.05, 3.63) is 0 Å². The molecule has 0 saturated carbocycles. The summed E-state index contributed by atoms with van der Waals surface area (Å²) in [6.45, 7) is 7.40. The fraction of sp³-hybridized carbons (Fsp3) is 0.933. The van der Waals surface area contributed by atoms with E-state index in [2.05, 4.69) is 13.5 Å². The lowest BCUT2D eigenvalue weighted by Gasteiger charge is -2.34. The Hall–Kier alpha value is -0.233. The molecule has 2 atom stereocenters. The molecule has 2 aliphatic rings. The highest BCUT2D eigenvalue weighted by Crippen LogP contribution is 2.23. The monoisotopic (exact) mass is 299 g/mol. The molecule has 0 bridgehead atoms. The first-order chi connectivity index (χ1) is 9.73. The molecular weight excluding hydrogens is 270 g/mol. The van der Waals surface area contributed by atoms with E-state index in [4.69, 9.17) is 18.6 Å². The second kappa shape index (κ2) is 8.27. The third kappa shape index (κ3) is 4.95. The Morgan fingerprint density at radius 1 is 1.25 bits per heavy atom. The Balaban J connectivity index is 2.05. The minimum absolute atomic E-state index is 0.0246. The van der Waals surface area contributed by atoms with E-state index in [1.54, 1.807) is 0 Å². The highest BCUT2D eigenvalue weighted by atomic mass is 28.4. The van der Waals surface area contributed by atoms with Crippen molar-refractivity contribution in [2.24, 2.45) is 4.99 Å². The molecule has 0 aromatic rings. The molecule has 5 heteroatoms. The average Bonchev–Trinajstić information content (AvgIpc) is 2.35. The van der Waals surface area contributed by atoms with Gasteiger partial charge in [0.05, 0.1) is 6.61 Å². The van der Waals surface area contributed by atoms with Crippen molar-refractivity contribution in [2.45, 2.75) is 64.1 Å². The summed E-state index contributed by atoms with van der Waals surface area (Å²) in [5, 5.41) is 0. The molecule has 2 rings (SSSR count). The van der Waals surface area contributed by atoms with E-state index in [0.717, 1.165) is 38.6 Å². The largest absolute Gasteiger partial charge is 0.395 e. The SMILES string of the molecule is CCO[Si]1(C)CCCOCC(C2=NCCCCCC2)O1. The molecule has 1 saturated heterocycles. The van der Waals surface area contributed by atoms with Gasteiger partial charge in [-0.25, -0.2) is 0 Å². The van der Waals surface area contributed by atoms with Crippen LogP contribution in [0.25, 0.3) is 0 Å². The summed E-state index contributed by atoms with van der Waals surface area (Å²) in [5.41, 5.74) is 1.21. The van der Waals surface area contributed by atoms with Crippen LogP contribution in [0.3, 0.4) is 0 Å². The lowest BCUT2D eigenvalue weighted by molar-refractivity contribution is 0.0417. The fourth-order valence-corrected chi connectivity index (χ4v) is 5.52. The van der Waals surface area contributed by atoms with Crippen LogP contribution in [0.4, 0.5) is 0 Å². The van der Waals surface area contributed by atoms with Gasteiger partial charge < -0.3 is 13.6 Å². The summed E-state index contributed by atoms with van der Waals surface area (Å²) in [5.74, 6) is 0. The van der Waals surface area contributed by atoms with Crippen molar-refractivity contribution in [1.82, 2.24) is 0 Å². The number of ether oxygens (including phenoxy) is 1. The summed E-state index contributed by atoms with van der Waals surface area (Å²) >= 11 is 0. The number of nitrogens with zero attached hydrogens (tertiary/aromatic N) is 1. The predicted molar refractivity (Wildman–Crippen MR) is 83.7 cm³/mol. The van der Waals surface area contributed by atoms with Crippen molar-refractivity contribution in [1.29, 1.82) is 0 Å². The summed E-state index contributed by atoms with van der Waals surface area (Å²) in [6, 6.07) is 1.02. The van der Waals surface area contributed by atoms with Crippen molar-refractivity contribution in [2.75, 3.05) is 26.4 Å². The van der Waals surface area contributed by atoms with Crippen molar-refractivity contribution >= 4 is 14.3 Å². The van der Waals surface area contributed by atoms with E-state index in [1.165, 1.54) is 31.4 Å². The lowest BCUT2D eigenvalue weighted by Crippen LogP contribution is -2.47. The van der Waals surface area contributed by atoms with Gasteiger partial charge in [-0.15, -0.1) is 0 Å². The zero-order valence-corrected chi connectivity index (χ0v) is 14.0. The van der Waals surface area contributed by atoms with Gasteiger partial charge in [0, 0.05) is 25.5 Å². The Labute approximate surface area is 124 Å². The van der Waals surface area contributed by atoms with Crippen LogP contribution >= 0.6 is 0 Å². The van der Waals surface area contributed by atoms with Gasteiger partial charge in [-0.05, 0) is 45.2 Å². The molecule has 0 aliphatic carbocycles. The number of hydrogen-bond acceptors (Lipinski definition) is 4. The zero-order chi connectivity index (χ0) is 14.3. The molecule has 1 fully saturated rings. The number of rotatable bonds is 3. The topological polar surface area (TPSA) is 40.0 Å². The maximum Gasteiger partial charge on any atom is 0.335 e. The number of hydrogen-bond donors (Lipinski definition) is 0. The minimum Gasteiger partial charge on any atom is -0.395 e. The van der Waals surface area contributed by atoms with Crippen LogP contribution in [-0.2, 0) is 13.6 Å².